The minimum absolute atomic E-state index is 0.122. The molecule has 3 heterocycles. The van der Waals surface area contributed by atoms with Gasteiger partial charge in [0.2, 0.25) is 5.88 Å². The zero-order valence-electron chi connectivity index (χ0n) is 14.7. The topological polar surface area (TPSA) is 47.4 Å². The number of rotatable bonds is 5. The van der Waals surface area contributed by atoms with Crippen molar-refractivity contribution in [2.75, 3.05) is 0 Å². The predicted molar refractivity (Wildman–Crippen MR) is 98.0 cm³/mol. The fraction of sp³-hybridized carbons (Fsp3) is 0.632. The fourth-order valence-electron chi connectivity index (χ4n) is 4.00. The molecule has 1 aliphatic carbocycles. The van der Waals surface area contributed by atoms with Crippen molar-refractivity contribution >= 4 is 17.5 Å². The lowest BCUT2D eigenvalue weighted by Crippen LogP contribution is -2.21. The van der Waals surface area contributed by atoms with E-state index in [1.807, 2.05) is 13.8 Å². The van der Waals surface area contributed by atoms with E-state index in [0.29, 0.717) is 5.92 Å². The summed E-state index contributed by atoms with van der Waals surface area (Å²) in [5.41, 5.74) is 5.65. The van der Waals surface area contributed by atoms with Gasteiger partial charge >= 0.3 is 0 Å². The first kappa shape index (κ1) is 16.1. The lowest BCUT2D eigenvalue weighted by molar-refractivity contribution is 0.225. The van der Waals surface area contributed by atoms with E-state index in [9.17, 15) is 0 Å². The Balaban J connectivity index is 1.72. The van der Waals surface area contributed by atoms with E-state index in [0.717, 1.165) is 22.9 Å². The number of nitrogens with zero attached hydrogens (tertiary/aromatic N) is 3. The molecule has 3 aliphatic rings. The van der Waals surface area contributed by atoms with Crippen LogP contribution in [-0.4, -0.2) is 27.2 Å². The number of unbranched alkanes of at least 4 members (excludes halogenated alkanes) is 1. The van der Waals surface area contributed by atoms with Gasteiger partial charge in [-0.1, -0.05) is 30.7 Å². The smallest absolute Gasteiger partial charge is 0.231 e. The Kier molecular flexibility index (Phi) is 4.37. The highest BCUT2D eigenvalue weighted by Crippen LogP contribution is 2.56. The molecule has 0 radical (unpaired) electrons. The summed E-state index contributed by atoms with van der Waals surface area (Å²) in [7, 11) is 0. The van der Waals surface area contributed by atoms with Gasteiger partial charge in [-0.25, -0.2) is 9.97 Å². The van der Waals surface area contributed by atoms with E-state index >= 15 is 0 Å². The Morgan fingerprint density at radius 2 is 2.17 bits per heavy atom. The van der Waals surface area contributed by atoms with Gasteiger partial charge in [0.15, 0.2) is 0 Å². The summed E-state index contributed by atoms with van der Waals surface area (Å²) in [5, 5.41) is 0.231. The maximum atomic E-state index is 5.93. The first-order chi connectivity index (χ1) is 11.7. The Bertz CT molecular complexity index is 711. The van der Waals surface area contributed by atoms with Gasteiger partial charge in [-0.05, 0) is 51.5 Å². The van der Waals surface area contributed by atoms with Crippen LogP contribution < -0.4 is 4.74 Å². The fourth-order valence-corrected chi connectivity index (χ4v) is 5.36. The van der Waals surface area contributed by atoms with Crippen molar-refractivity contribution in [1.82, 2.24) is 9.97 Å². The molecular weight excluding hydrogens is 318 g/mol. The van der Waals surface area contributed by atoms with E-state index in [4.69, 9.17) is 9.73 Å². The summed E-state index contributed by atoms with van der Waals surface area (Å²) < 4.78 is 5.93. The normalized spacial score (nSPS) is 24.8. The first-order valence-electron chi connectivity index (χ1n) is 9.16. The van der Waals surface area contributed by atoms with Crippen molar-refractivity contribution in [1.29, 1.82) is 0 Å². The van der Waals surface area contributed by atoms with Gasteiger partial charge in [0.05, 0.1) is 22.6 Å². The largest absolute Gasteiger partial charge is 0.474 e. The van der Waals surface area contributed by atoms with Crippen molar-refractivity contribution in [3.8, 4) is 5.88 Å². The van der Waals surface area contributed by atoms with Gasteiger partial charge in [0, 0.05) is 5.71 Å². The van der Waals surface area contributed by atoms with Crippen LogP contribution in [0.4, 0.5) is 0 Å². The number of aromatic nitrogens is 2. The Morgan fingerprint density at radius 1 is 1.29 bits per heavy atom. The molecule has 4 nitrogen and oxygen atoms in total. The van der Waals surface area contributed by atoms with Crippen molar-refractivity contribution in [2.24, 2.45) is 4.99 Å². The molecule has 0 saturated heterocycles. The molecule has 0 amide bonds. The number of dihydropyridines is 1. The standard InChI is InChI=1S/C19H25N3OS/c1-4-5-9-14-12-7-6-8-13(12)15-16-17(24-19(15)22-14)18(21-10-20-16)23-11(2)3/h10-11,15,19H,4-9H2,1-3H3/t15-,19+/m1/s1. The third-order valence-electron chi connectivity index (χ3n) is 5.00. The Hall–Kier alpha value is -1.36. The molecule has 24 heavy (non-hydrogen) atoms. The van der Waals surface area contributed by atoms with Crippen LogP contribution in [0.1, 0.15) is 70.9 Å². The molecule has 0 N–H and O–H groups in total. The molecule has 1 aromatic heterocycles. The van der Waals surface area contributed by atoms with Crippen molar-refractivity contribution in [2.45, 2.75) is 81.6 Å². The van der Waals surface area contributed by atoms with E-state index in [-0.39, 0.29) is 11.5 Å². The van der Waals surface area contributed by atoms with Crippen molar-refractivity contribution in [3.63, 3.8) is 0 Å². The van der Waals surface area contributed by atoms with Crippen LogP contribution in [-0.2, 0) is 0 Å². The molecule has 0 unspecified atom stereocenters. The number of aliphatic imine (C=N–C) groups is 1. The molecule has 0 saturated carbocycles. The average molecular weight is 343 g/mol. The van der Waals surface area contributed by atoms with E-state index in [1.54, 1.807) is 29.2 Å². The van der Waals surface area contributed by atoms with Crippen molar-refractivity contribution in [3.05, 3.63) is 23.2 Å². The number of hydrogen-bond acceptors (Lipinski definition) is 5. The monoisotopic (exact) mass is 343 g/mol. The van der Waals surface area contributed by atoms with Gasteiger partial charge < -0.3 is 4.74 Å². The molecule has 0 spiro atoms. The van der Waals surface area contributed by atoms with Crippen molar-refractivity contribution < 1.29 is 4.74 Å². The molecule has 0 fully saturated rings. The van der Waals surface area contributed by atoms with Crippen LogP contribution in [0, 0.1) is 0 Å². The lowest BCUT2D eigenvalue weighted by Gasteiger charge is -2.26. The minimum atomic E-state index is 0.122. The second kappa shape index (κ2) is 6.51. The summed E-state index contributed by atoms with van der Waals surface area (Å²) in [6, 6.07) is 0. The zero-order valence-corrected chi connectivity index (χ0v) is 15.5. The number of allylic oxidation sites excluding steroid dienone is 1. The maximum Gasteiger partial charge on any atom is 0.231 e. The SMILES string of the molecule is CCCCC1=N[C@H]2Sc3c(OC(C)C)ncnc3[C@H]2C2=C1CCC2. The van der Waals surface area contributed by atoms with Crippen LogP contribution in [0.2, 0.25) is 0 Å². The summed E-state index contributed by atoms with van der Waals surface area (Å²) in [5.74, 6) is 1.07. The molecule has 5 heteroatoms. The highest BCUT2D eigenvalue weighted by atomic mass is 32.2. The summed E-state index contributed by atoms with van der Waals surface area (Å²) >= 11 is 1.80. The van der Waals surface area contributed by atoms with Gasteiger partial charge in [0.25, 0.3) is 0 Å². The van der Waals surface area contributed by atoms with Gasteiger partial charge in [0.1, 0.15) is 11.7 Å². The second-order valence-electron chi connectivity index (χ2n) is 7.08. The van der Waals surface area contributed by atoms with Crippen LogP contribution in [0.3, 0.4) is 0 Å². The quantitative estimate of drug-likeness (QED) is 0.762. The number of fused-ring (bicyclic) bond motifs is 4. The molecule has 2 aliphatic heterocycles. The number of hydrogen-bond donors (Lipinski definition) is 0. The van der Waals surface area contributed by atoms with Crippen LogP contribution in [0.5, 0.6) is 5.88 Å². The van der Waals surface area contributed by atoms with Crippen LogP contribution >= 0.6 is 11.8 Å². The highest BCUT2D eigenvalue weighted by molar-refractivity contribution is 8.00. The summed E-state index contributed by atoms with van der Waals surface area (Å²) in [6.07, 6.45) is 9.01. The van der Waals surface area contributed by atoms with Gasteiger partial charge in [-0.3, -0.25) is 4.99 Å². The molecule has 0 bridgehead atoms. The Labute approximate surface area is 148 Å². The maximum absolute atomic E-state index is 5.93. The van der Waals surface area contributed by atoms with Gasteiger partial charge in [-0.2, -0.15) is 0 Å². The molecule has 4 rings (SSSR count). The third-order valence-corrected chi connectivity index (χ3v) is 6.24. The van der Waals surface area contributed by atoms with E-state index in [1.165, 1.54) is 37.8 Å². The highest BCUT2D eigenvalue weighted by Gasteiger charge is 2.44. The molecule has 1 aromatic rings. The van der Waals surface area contributed by atoms with Crippen LogP contribution in [0.25, 0.3) is 0 Å². The lowest BCUT2D eigenvalue weighted by atomic mass is 9.87. The van der Waals surface area contributed by atoms with Crippen LogP contribution in [0.15, 0.2) is 27.4 Å². The average Bonchev–Trinajstić information content (AvgIpc) is 3.16. The molecule has 128 valence electrons. The van der Waals surface area contributed by atoms with E-state index in [2.05, 4.69) is 16.9 Å². The number of thioether (sulfide) groups is 1. The Morgan fingerprint density at radius 3 is 2.96 bits per heavy atom. The zero-order chi connectivity index (χ0) is 16.7. The summed E-state index contributed by atoms with van der Waals surface area (Å²) in [6.45, 7) is 6.33. The second-order valence-corrected chi connectivity index (χ2v) is 8.21. The van der Waals surface area contributed by atoms with Gasteiger partial charge in [-0.15, -0.1) is 0 Å². The summed E-state index contributed by atoms with van der Waals surface area (Å²) in [4.78, 5) is 15.3. The molecular formula is C19H25N3OS. The minimum Gasteiger partial charge on any atom is -0.474 e. The predicted octanol–water partition coefficient (Wildman–Crippen LogP) is 4.90. The third kappa shape index (κ3) is 2.67. The molecule has 2 atom stereocenters. The molecule has 0 aromatic carbocycles. The van der Waals surface area contributed by atoms with E-state index < -0.39 is 0 Å². The first-order valence-corrected chi connectivity index (χ1v) is 10.0. The number of ether oxygens (including phenoxy) is 1.